The number of imide groups is 1. The summed E-state index contributed by atoms with van der Waals surface area (Å²) in [6.45, 7) is 7.52. The molecule has 0 spiro atoms. The molecule has 1 heterocycles. The molecule has 0 aromatic heterocycles. The lowest BCUT2D eigenvalue weighted by Crippen LogP contribution is -2.41. The average Bonchev–Trinajstić information content (AvgIpc) is 3.11. The van der Waals surface area contributed by atoms with Gasteiger partial charge in [-0.15, -0.1) is 0 Å². The molecule has 7 nitrogen and oxygen atoms in total. The van der Waals surface area contributed by atoms with Crippen LogP contribution in [0.1, 0.15) is 23.6 Å². The summed E-state index contributed by atoms with van der Waals surface area (Å²) < 4.78 is 10.7. The van der Waals surface area contributed by atoms with Crippen molar-refractivity contribution in [1.29, 1.82) is 0 Å². The lowest BCUT2D eigenvalue weighted by atomic mass is 10.1. The number of hydrogen-bond donors (Lipinski definition) is 2. The van der Waals surface area contributed by atoms with Crippen molar-refractivity contribution in [3.63, 3.8) is 0 Å². The highest BCUT2D eigenvalue weighted by atomic mass is 16.7. The Labute approximate surface area is 164 Å². The molecule has 2 aromatic rings. The van der Waals surface area contributed by atoms with Gasteiger partial charge < -0.3 is 14.8 Å². The van der Waals surface area contributed by atoms with Crippen molar-refractivity contribution in [2.75, 3.05) is 25.2 Å². The number of fused-ring (bicyclic) bond motifs is 1. The number of hydrogen-bond acceptors (Lipinski definition) is 5. The maximum Gasteiger partial charge on any atom is 0.325 e. The van der Waals surface area contributed by atoms with E-state index in [-0.39, 0.29) is 19.2 Å². The average molecular weight is 383 g/mol. The number of carbonyl (C=O) groups is 2. The van der Waals surface area contributed by atoms with Gasteiger partial charge >= 0.3 is 6.03 Å². The van der Waals surface area contributed by atoms with E-state index in [1.54, 1.807) is 0 Å². The second-order valence-electron chi connectivity index (χ2n) is 6.79. The van der Waals surface area contributed by atoms with Crippen LogP contribution in [0, 0.1) is 13.8 Å². The Balaban J connectivity index is 1.51. The highest BCUT2D eigenvalue weighted by molar-refractivity contribution is 6.01. The second kappa shape index (κ2) is 8.75. The third kappa shape index (κ3) is 5.01. The minimum atomic E-state index is -0.535. The fourth-order valence-corrected chi connectivity index (χ4v) is 2.93. The summed E-state index contributed by atoms with van der Waals surface area (Å²) in [6, 6.07) is 10.8. The Hall–Kier alpha value is -3.06. The van der Waals surface area contributed by atoms with Crippen LogP contribution in [0.5, 0.6) is 11.5 Å². The SMILES string of the molecule is CCN(CC(=O)NC(=O)Nc1ccc(C)c(C)c1)Cc1ccc2c(c1)OCO2. The molecule has 0 saturated carbocycles. The van der Waals surface area contributed by atoms with Gasteiger partial charge in [0.1, 0.15) is 0 Å². The summed E-state index contributed by atoms with van der Waals surface area (Å²) in [5, 5.41) is 5.07. The lowest BCUT2D eigenvalue weighted by Gasteiger charge is -2.20. The van der Waals surface area contributed by atoms with Crippen LogP contribution in [0.4, 0.5) is 10.5 Å². The third-order valence-electron chi connectivity index (χ3n) is 4.68. The molecular formula is C21H25N3O4. The van der Waals surface area contributed by atoms with E-state index >= 15 is 0 Å². The number of aryl methyl sites for hydroxylation is 2. The molecule has 7 heteroatoms. The minimum absolute atomic E-state index is 0.116. The first-order chi connectivity index (χ1) is 13.4. The summed E-state index contributed by atoms with van der Waals surface area (Å²) >= 11 is 0. The standard InChI is InChI=1S/C21H25N3O4/c1-4-24(11-16-6-8-18-19(10-16)28-13-27-18)12-20(25)23-21(26)22-17-7-5-14(2)15(3)9-17/h5-10H,4,11-13H2,1-3H3,(H2,22,23,25,26). The van der Waals surface area contributed by atoms with Crippen LogP contribution in [0.2, 0.25) is 0 Å². The van der Waals surface area contributed by atoms with E-state index in [0.29, 0.717) is 24.5 Å². The van der Waals surface area contributed by atoms with E-state index in [9.17, 15) is 9.59 Å². The lowest BCUT2D eigenvalue weighted by molar-refractivity contribution is -0.121. The van der Waals surface area contributed by atoms with Gasteiger partial charge in [-0.3, -0.25) is 15.0 Å². The van der Waals surface area contributed by atoms with Crippen LogP contribution in [0.15, 0.2) is 36.4 Å². The summed E-state index contributed by atoms with van der Waals surface area (Å²) in [4.78, 5) is 26.3. The summed E-state index contributed by atoms with van der Waals surface area (Å²) in [6.07, 6.45) is 0. The van der Waals surface area contributed by atoms with Crippen molar-refractivity contribution in [2.24, 2.45) is 0 Å². The van der Waals surface area contributed by atoms with E-state index < -0.39 is 6.03 Å². The van der Waals surface area contributed by atoms with Crippen molar-refractivity contribution >= 4 is 17.6 Å². The van der Waals surface area contributed by atoms with Crippen LogP contribution in [0.3, 0.4) is 0 Å². The fraction of sp³-hybridized carbons (Fsp3) is 0.333. The predicted octanol–water partition coefficient (Wildman–Crippen LogP) is 3.20. The molecule has 0 atom stereocenters. The third-order valence-corrected chi connectivity index (χ3v) is 4.68. The Morgan fingerprint density at radius 1 is 1.04 bits per heavy atom. The van der Waals surface area contributed by atoms with E-state index in [2.05, 4.69) is 10.6 Å². The monoisotopic (exact) mass is 383 g/mol. The molecule has 0 radical (unpaired) electrons. The number of anilines is 1. The summed E-state index contributed by atoms with van der Waals surface area (Å²) in [5.41, 5.74) is 3.88. The summed E-state index contributed by atoms with van der Waals surface area (Å²) in [5.74, 6) is 1.09. The van der Waals surface area contributed by atoms with Crippen LogP contribution >= 0.6 is 0 Å². The molecule has 28 heavy (non-hydrogen) atoms. The number of carbonyl (C=O) groups excluding carboxylic acids is 2. The number of nitrogens with one attached hydrogen (secondary N) is 2. The molecule has 1 aliphatic rings. The van der Waals surface area contributed by atoms with Gasteiger partial charge in [0, 0.05) is 12.2 Å². The molecule has 3 rings (SSSR count). The number of rotatable bonds is 6. The maximum atomic E-state index is 12.3. The molecule has 0 bridgehead atoms. The molecule has 0 aliphatic carbocycles. The van der Waals surface area contributed by atoms with Crippen molar-refractivity contribution in [3.05, 3.63) is 53.1 Å². The maximum absolute atomic E-state index is 12.3. The van der Waals surface area contributed by atoms with Crippen LogP contribution < -0.4 is 20.1 Å². The zero-order valence-electron chi connectivity index (χ0n) is 16.4. The molecule has 2 aromatic carbocycles. The molecule has 0 fully saturated rings. The van der Waals surface area contributed by atoms with Crippen LogP contribution in [0.25, 0.3) is 0 Å². The van der Waals surface area contributed by atoms with Gasteiger partial charge in [-0.1, -0.05) is 19.1 Å². The number of nitrogens with zero attached hydrogens (tertiary/aromatic N) is 1. The first-order valence-corrected chi connectivity index (χ1v) is 9.23. The van der Waals surface area contributed by atoms with Crippen LogP contribution in [-0.2, 0) is 11.3 Å². The normalized spacial score (nSPS) is 12.1. The van der Waals surface area contributed by atoms with Gasteiger partial charge in [-0.05, 0) is 61.3 Å². The van der Waals surface area contributed by atoms with E-state index in [4.69, 9.17) is 9.47 Å². The number of ether oxygens (including phenoxy) is 2. The van der Waals surface area contributed by atoms with Gasteiger partial charge in [0.25, 0.3) is 0 Å². The topological polar surface area (TPSA) is 79.9 Å². The molecule has 1 aliphatic heterocycles. The van der Waals surface area contributed by atoms with Crippen LogP contribution in [-0.4, -0.2) is 36.7 Å². The van der Waals surface area contributed by atoms with Crippen molar-refractivity contribution in [1.82, 2.24) is 10.2 Å². The zero-order valence-corrected chi connectivity index (χ0v) is 16.4. The molecule has 2 N–H and O–H groups in total. The molecule has 3 amide bonds. The number of amides is 3. The summed E-state index contributed by atoms with van der Waals surface area (Å²) in [7, 11) is 0. The molecule has 0 unspecified atom stereocenters. The second-order valence-corrected chi connectivity index (χ2v) is 6.79. The van der Waals surface area contributed by atoms with Crippen molar-refractivity contribution < 1.29 is 19.1 Å². The van der Waals surface area contributed by atoms with Gasteiger partial charge in [0.2, 0.25) is 12.7 Å². The first kappa shape index (κ1) is 19.7. The highest BCUT2D eigenvalue weighted by Gasteiger charge is 2.16. The Bertz CT molecular complexity index is 882. The Kier molecular flexibility index (Phi) is 6.16. The smallest absolute Gasteiger partial charge is 0.325 e. The fourth-order valence-electron chi connectivity index (χ4n) is 2.93. The first-order valence-electron chi connectivity index (χ1n) is 9.23. The van der Waals surface area contributed by atoms with Gasteiger partial charge in [-0.2, -0.15) is 0 Å². The predicted molar refractivity (Wildman–Crippen MR) is 107 cm³/mol. The Morgan fingerprint density at radius 2 is 1.82 bits per heavy atom. The molecule has 0 saturated heterocycles. The number of urea groups is 1. The van der Waals surface area contributed by atoms with E-state index in [1.165, 1.54) is 0 Å². The van der Waals surface area contributed by atoms with E-state index in [1.807, 2.05) is 62.1 Å². The van der Waals surface area contributed by atoms with Crippen molar-refractivity contribution in [2.45, 2.75) is 27.3 Å². The highest BCUT2D eigenvalue weighted by Crippen LogP contribution is 2.32. The largest absolute Gasteiger partial charge is 0.454 e. The number of benzene rings is 2. The molecule has 148 valence electrons. The van der Waals surface area contributed by atoms with Gasteiger partial charge in [0.05, 0.1) is 6.54 Å². The molecular weight excluding hydrogens is 358 g/mol. The minimum Gasteiger partial charge on any atom is -0.454 e. The van der Waals surface area contributed by atoms with Gasteiger partial charge in [0.15, 0.2) is 11.5 Å². The number of likely N-dealkylation sites (N-methyl/N-ethyl adjacent to an activating group) is 1. The van der Waals surface area contributed by atoms with Crippen molar-refractivity contribution in [3.8, 4) is 11.5 Å². The quantitative estimate of drug-likeness (QED) is 0.801. The Morgan fingerprint density at radius 3 is 2.57 bits per heavy atom. The van der Waals surface area contributed by atoms with Gasteiger partial charge in [-0.25, -0.2) is 4.79 Å². The van der Waals surface area contributed by atoms with E-state index in [0.717, 1.165) is 22.4 Å². The zero-order chi connectivity index (χ0) is 20.1.